The van der Waals surface area contributed by atoms with Crippen LogP contribution >= 0.6 is 33.9 Å². The standard InChI is InChI=1S/C6H5ClO3S.CH2Cl2/c7-11(8,9)10-6-4-2-1-3-5-6;2-1-3/h1-5H;1H2. The van der Waals surface area contributed by atoms with Crippen LogP contribution < -0.4 is 4.18 Å². The molecular weight excluding hydrogens is 270 g/mol. The number of para-hydroxylation sites is 1. The molecule has 14 heavy (non-hydrogen) atoms. The average molecular weight is 278 g/mol. The van der Waals surface area contributed by atoms with Crippen molar-refractivity contribution >= 4 is 43.2 Å². The van der Waals surface area contributed by atoms with E-state index in [1.165, 1.54) is 12.1 Å². The lowest BCUT2D eigenvalue weighted by atomic mass is 10.3. The van der Waals surface area contributed by atoms with Crippen molar-refractivity contribution < 1.29 is 12.6 Å². The second-order valence-corrected chi connectivity index (χ2v) is 4.79. The summed E-state index contributed by atoms with van der Waals surface area (Å²) in [6.45, 7) is 0. The van der Waals surface area contributed by atoms with Gasteiger partial charge in [0.15, 0.2) is 0 Å². The molecule has 80 valence electrons. The molecule has 7 heteroatoms. The van der Waals surface area contributed by atoms with Crippen molar-refractivity contribution in [2.24, 2.45) is 0 Å². The second-order valence-electron chi connectivity index (χ2n) is 1.89. The maximum Gasteiger partial charge on any atom is 0.401 e. The third-order valence-electron chi connectivity index (χ3n) is 0.939. The highest BCUT2D eigenvalue weighted by molar-refractivity contribution is 8.10. The van der Waals surface area contributed by atoms with Crippen LogP contribution in [0.1, 0.15) is 0 Å². The zero-order chi connectivity index (χ0) is 11.0. The lowest BCUT2D eigenvalue weighted by molar-refractivity contribution is 0.503. The number of alkyl halides is 2. The molecule has 0 aliphatic heterocycles. The average Bonchev–Trinajstić information content (AvgIpc) is 2.04. The molecule has 1 aromatic carbocycles. The fourth-order valence-electron chi connectivity index (χ4n) is 0.591. The van der Waals surface area contributed by atoms with E-state index in [2.05, 4.69) is 4.18 Å². The first-order chi connectivity index (χ1) is 6.49. The first-order valence-electron chi connectivity index (χ1n) is 3.30. The summed E-state index contributed by atoms with van der Waals surface area (Å²) in [4.78, 5) is 0. The van der Waals surface area contributed by atoms with Gasteiger partial charge in [0, 0.05) is 0 Å². The van der Waals surface area contributed by atoms with Crippen molar-refractivity contribution in [2.75, 3.05) is 5.34 Å². The summed E-state index contributed by atoms with van der Waals surface area (Å²) in [5.74, 6) is 0.211. The summed E-state index contributed by atoms with van der Waals surface area (Å²) in [6, 6.07) is 8.04. The van der Waals surface area contributed by atoms with E-state index in [0.717, 1.165) is 0 Å². The summed E-state index contributed by atoms with van der Waals surface area (Å²) in [7, 11) is 0.913. The van der Waals surface area contributed by atoms with Gasteiger partial charge in [-0.2, -0.15) is 8.42 Å². The molecule has 0 unspecified atom stereocenters. The Bertz CT molecular complexity index is 338. The van der Waals surface area contributed by atoms with Crippen molar-refractivity contribution in [1.82, 2.24) is 0 Å². The molecule has 1 aromatic rings. The Labute approximate surface area is 97.2 Å². The van der Waals surface area contributed by atoms with Crippen LogP contribution in [-0.2, 0) is 9.33 Å². The van der Waals surface area contributed by atoms with Gasteiger partial charge in [0.25, 0.3) is 0 Å². The third-order valence-corrected chi connectivity index (χ3v) is 1.52. The highest BCUT2D eigenvalue weighted by Gasteiger charge is 2.04. The van der Waals surface area contributed by atoms with Crippen LogP contribution in [0.5, 0.6) is 5.75 Å². The molecule has 0 aliphatic rings. The Hall–Kier alpha value is -0.160. The Morgan fingerprint density at radius 1 is 1.14 bits per heavy atom. The van der Waals surface area contributed by atoms with Gasteiger partial charge in [-0.05, 0) is 12.1 Å². The maximum atomic E-state index is 10.3. The summed E-state index contributed by atoms with van der Waals surface area (Å²) < 4.78 is 25.0. The SMILES string of the molecule is ClCCl.O=S(=O)(Cl)Oc1ccccc1. The molecule has 0 radical (unpaired) electrons. The van der Waals surface area contributed by atoms with Crippen molar-refractivity contribution in [3.8, 4) is 5.75 Å². The van der Waals surface area contributed by atoms with Crippen LogP contribution in [0.15, 0.2) is 30.3 Å². The number of halogens is 3. The number of hydrogen-bond donors (Lipinski definition) is 0. The van der Waals surface area contributed by atoms with E-state index in [1.54, 1.807) is 18.2 Å². The van der Waals surface area contributed by atoms with Crippen LogP contribution in [-0.4, -0.2) is 13.8 Å². The summed E-state index contributed by atoms with van der Waals surface area (Å²) >= 11 is 9.53. The van der Waals surface area contributed by atoms with E-state index >= 15 is 0 Å². The molecule has 0 atom stereocenters. The van der Waals surface area contributed by atoms with Crippen LogP contribution in [0.4, 0.5) is 0 Å². The topological polar surface area (TPSA) is 43.4 Å². The maximum absolute atomic E-state index is 10.3. The van der Waals surface area contributed by atoms with Crippen molar-refractivity contribution in [3.05, 3.63) is 30.3 Å². The van der Waals surface area contributed by atoms with Gasteiger partial charge in [-0.25, -0.2) is 0 Å². The molecule has 3 nitrogen and oxygen atoms in total. The fourth-order valence-corrected chi connectivity index (χ4v) is 1.15. The minimum absolute atomic E-state index is 0.194. The van der Waals surface area contributed by atoms with Gasteiger partial charge in [-0.3, -0.25) is 0 Å². The Morgan fingerprint density at radius 2 is 1.57 bits per heavy atom. The summed E-state index contributed by atoms with van der Waals surface area (Å²) in [5.41, 5.74) is 0. The van der Waals surface area contributed by atoms with E-state index in [4.69, 9.17) is 33.9 Å². The fraction of sp³-hybridized carbons (Fsp3) is 0.143. The van der Waals surface area contributed by atoms with E-state index in [0.29, 0.717) is 0 Å². The predicted molar refractivity (Wildman–Crippen MR) is 58.4 cm³/mol. The minimum Gasteiger partial charge on any atom is -0.371 e. The molecule has 0 amide bonds. The van der Waals surface area contributed by atoms with E-state index in [9.17, 15) is 8.42 Å². The lowest BCUT2D eigenvalue weighted by Crippen LogP contribution is -1.98. The Morgan fingerprint density at radius 3 is 1.93 bits per heavy atom. The first kappa shape index (κ1) is 13.8. The monoisotopic (exact) mass is 276 g/mol. The largest absolute Gasteiger partial charge is 0.401 e. The molecule has 0 N–H and O–H groups in total. The molecule has 0 aliphatic carbocycles. The molecule has 0 aromatic heterocycles. The van der Waals surface area contributed by atoms with Gasteiger partial charge in [0.1, 0.15) is 5.75 Å². The molecule has 0 fully saturated rings. The normalized spacial score (nSPS) is 9.93. The van der Waals surface area contributed by atoms with E-state index < -0.39 is 9.33 Å². The van der Waals surface area contributed by atoms with Gasteiger partial charge >= 0.3 is 9.33 Å². The molecule has 0 saturated carbocycles. The van der Waals surface area contributed by atoms with Gasteiger partial charge in [-0.15, -0.1) is 23.2 Å². The van der Waals surface area contributed by atoms with E-state index in [1.807, 2.05) is 0 Å². The predicted octanol–water partition coefficient (Wildman–Crippen LogP) is 2.97. The molecule has 0 bridgehead atoms. The quantitative estimate of drug-likeness (QED) is 0.616. The third kappa shape index (κ3) is 8.44. The highest BCUT2D eigenvalue weighted by atomic mass is 35.7. The molecule has 1 rings (SSSR count). The highest BCUT2D eigenvalue weighted by Crippen LogP contribution is 2.12. The van der Waals surface area contributed by atoms with Crippen molar-refractivity contribution in [1.29, 1.82) is 0 Å². The lowest BCUT2D eigenvalue weighted by Gasteiger charge is -1.97. The van der Waals surface area contributed by atoms with E-state index in [-0.39, 0.29) is 11.1 Å². The van der Waals surface area contributed by atoms with Crippen molar-refractivity contribution in [2.45, 2.75) is 0 Å². The zero-order valence-electron chi connectivity index (χ0n) is 6.86. The second kappa shape index (κ2) is 7.17. The van der Waals surface area contributed by atoms with Crippen LogP contribution in [0.2, 0.25) is 0 Å². The molecule has 0 saturated heterocycles. The smallest absolute Gasteiger partial charge is 0.371 e. The molecule has 0 spiro atoms. The van der Waals surface area contributed by atoms with Crippen LogP contribution in [0, 0.1) is 0 Å². The van der Waals surface area contributed by atoms with Crippen LogP contribution in [0.3, 0.4) is 0 Å². The zero-order valence-corrected chi connectivity index (χ0v) is 9.95. The number of rotatable bonds is 2. The van der Waals surface area contributed by atoms with Gasteiger partial charge in [0.05, 0.1) is 16.0 Å². The van der Waals surface area contributed by atoms with Crippen molar-refractivity contribution in [3.63, 3.8) is 0 Å². The molecular formula is C7H7Cl3O3S. The summed E-state index contributed by atoms with van der Waals surface area (Å²) in [5, 5.41) is 0.194. The number of hydrogen-bond acceptors (Lipinski definition) is 3. The molecule has 0 heterocycles. The van der Waals surface area contributed by atoms with Gasteiger partial charge in [-0.1, -0.05) is 18.2 Å². The Kier molecular flexibility index (Phi) is 7.09. The van der Waals surface area contributed by atoms with Crippen LogP contribution in [0.25, 0.3) is 0 Å². The first-order valence-corrected chi connectivity index (χ1v) is 6.61. The summed E-state index contributed by atoms with van der Waals surface area (Å²) in [6.07, 6.45) is 0. The van der Waals surface area contributed by atoms with Gasteiger partial charge < -0.3 is 4.18 Å². The number of benzene rings is 1. The minimum atomic E-state index is -3.90. The Balaban J connectivity index is 0.000000500. The van der Waals surface area contributed by atoms with Gasteiger partial charge in [0.2, 0.25) is 0 Å².